The summed E-state index contributed by atoms with van der Waals surface area (Å²) in [4.78, 5) is 60.1. The SMILES string of the molecule is NC(=O)C(CCC(=O)O)NC(=O)C(CCCC(=O)O)NC(=O)CCc1ccc(-c2cc(-c3ccccc3)cs2)cc1. The number of hydrogen-bond acceptors (Lipinski definition) is 6. The number of primary amides is 1. The molecular formula is C30H33N3O7S. The smallest absolute Gasteiger partial charge is 0.303 e. The average molecular weight is 580 g/mol. The Morgan fingerprint density at radius 1 is 0.756 bits per heavy atom. The van der Waals surface area contributed by atoms with Crippen molar-refractivity contribution < 1.29 is 34.2 Å². The summed E-state index contributed by atoms with van der Waals surface area (Å²) in [5, 5.41) is 24.9. The van der Waals surface area contributed by atoms with E-state index in [1.165, 1.54) is 0 Å². The molecule has 3 rings (SSSR count). The topological polar surface area (TPSA) is 176 Å². The molecule has 3 aromatic rings. The number of carbonyl (C=O) groups is 5. The predicted molar refractivity (Wildman–Crippen MR) is 155 cm³/mol. The molecule has 0 bridgehead atoms. The van der Waals surface area contributed by atoms with E-state index in [9.17, 15) is 24.0 Å². The minimum atomic E-state index is -1.23. The van der Waals surface area contributed by atoms with Crippen molar-refractivity contribution in [1.29, 1.82) is 0 Å². The summed E-state index contributed by atoms with van der Waals surface area (Å²) < 4.78 is 0. The van der Waals surface area contributed by atoms with Gasteiger partial charge < -0.3 is 26.6 Å². The third-order valence-corrected chi connectivity index (χ3v) is 7.41. The second-order valence-corrected chi connectivity index (χ2v) is 10.5. The number of rotatable bonds is 16. The monoisotopic (exact) mass is 579 g/mol. The second-order valence-electron chi connectivity index (χ2n) is 9.56. The minimum Gasteiger partial charge on any atom is -0.481 e. The Bertz CT molecular complexity index is 1360. The molecule has 0 spiro atoms. The van der Waals surface area contributed by atoms with Crippen molar-refractivity contribution in [3.8, 4) is 21.6 Å². The van der Waals surface area contributed by atoms with E-state index in [0.717, 1.165) is 27.1 Å². The first kappa shape index (κ1) is 31.0. The molecule has 10 nitrogen and oxygen atoms in total. The molecule has 0 fully saturated rings. The van der Waals surface area contributed by atoms with E-state index in [1.54, 1.807) is 11.3 Å². The number of nitrogens with one attached hydrogen (secondary N) is 2. The summed E-state index contributed by atoms with van der Waals surface area (Å²) in [5.41, 5.74) is 9.58. The number of hydrogen-bond donors (Lipinski definition) is 5. The van der Waals surface area contributed by atoms with Gasteiger partial charge in [-0.05, 0) is 59.4 Å². The van der Waals surface area contributed by atoms with Crippen LogP contribution in [-0.2, 0) is 30.4 Å². The first-order valence-corrected chi connectivity index (χ1v) is 14.1. The number of thiophene rings is 1. The van der Waals surface area contributed by atoms with Gasteiger partial charge >= 0.3 is 11.9 Å². The van der Waals surface area contributed by atoms with Crippen molar-refractivity contribution in [3.05, 3.63) is 71.6 Å². The molecule has 0 aliphatic rings. The third-order valence-electron chi connectivity index (χ3n) is 6.43. The summed E-state index contributed by atoms with van der Waals surface area (Å²) in [6.45, 7) is 0. The second kappa shape index (κ2) is 15.3. The first-order chi connectivity index (χ1) is 19.6. The van der Waals surface area contributed by atoms with Crippen molar-refractivity contribution >= 4 is 41.0 Å². The van der Waals surface area contributed by atoms with Crippen LogP contribution in [0.25, 0.3) is 21.6 Å². The lowest BCUT2D eigenvalue weighted by atomic mass is 10.0. The maximum atomic E-state index is 12.8. The lowest BCUT2D eigenvalue weighted by molar-refractivity contribution is -0.138. The van der Waals surface area contributed by atoms with E-state index < -0.39 is 41.7 Å². The molecule has 1 heterocycles. The van der Waals surface area contributed by atoms with Crippen LogP contribution in [0.2, 0.25) is 0 Å². The molecule has 11 heteroatoms. The van der Waals surface area contributed by atoms with Gasteiger partial charge in [-0.2, -0.15) is 0 Å². The van der Waals surface area contributed by atoms with E-state index in [1.807, 2.05) is 42.5 Å². The summed E-state index contributed by atoms with van der Waals surface area (Å²) in [5.74, 6) is -4.26. The standard InChI is InChI=1S/C30H33N3O7S/c31-29(39)23(14-16-28(37)38)33-30(40)24(7-4-8-27(35)36)32-26(34)15-11-19-9-12-21(13-10-19)25-17-22(18-41-25)20-5-2-1-3-6-20/h1-3,5-6,9-10,12-13,17-18,23-24H,4,7-8,11,14-16H2,(H2,31,39)(H,32,34)(H,33,40)(H,35,36)(H,37,38). The fourth-order valence-corrected chi connectivity index (χ4v) is 5.11. The zero-order valence-electron chi connectivity index (χ0n) is 22.4. The number of carbonyl (C=O) groups excluding carboxylic acids is 3. The molecule has 1 aromatic heterocycles. The van der Waals surface area contributed by atoms with Gasteiger partial charge in [-0.3, -0.25) is 24.0 Å². The maximum Gasteiger partial charge on any atom is 0.303 e. The van der Waals surface area contributed by atoms with E-state index in [4.69, 9.17) is 15.9 Å². The van der Waals surface area contributed by atoms with Gasteiger partial charge in [-0.25, -0.2) is 0 Å². The van der Waals surface area contributed by atoms with Crippen molar-refractivity contribution in [2.24, 2.45) is 5.73 Å². The molecule has 0 aliphatic carbocycles. The van der Waals surface area contributed by atoms with Gasteiger partial charge in [-0.1, -0.05) is 54.6 Å². The highest BCUT2D eigenvalue weighted by Crippen LogP contribution is 2.32. The molecule has 0 saturated carbocycles. The number of carboxylic acid groups (broad SMARTS) is 2. The number of benzene rings is 2. The molecule has 0 radical (unpaired) electrons. The molecule has 6 N–H and O–H groups in total. The molecule has 0 aliphatic heterocycles. The third kappa shape index (κ3) is 10.2. The zero-order chi connectivity index (χ0) is 29.8. The molecule has 0 saturated heterocycles. The molecule has 2 unspecified atom stereocenters. The van der Waals surface area contributed by atoms with Crippen LogP contribution in [0.3, 0.4) is 0 Å². The van der Waals surface area contributed by atoms with Crippen LogP contribution in [0.4, 0.5) is 0 Å². The van der Waals surface area contributed by atoms with Crippen LogP contribution >= 0.6 is 11.3 Å². The fraction of sp³-hybridized carbons (Fsp3) is 0.300. The number of nitrogens with two attached hydrogens (primary N) is 1. The average Bonchev–Trinajstić information content (AvgIpc) is 3.44. The number of aliphatic carboxylic acids is 2. The van der Waals surface area contributed by atoms with Crippen LogP contribution in [0.5, 0.6) is 0 Å². The van der Waals surface area contributed by atoms with Crippen LogP contribution in [0, 0.1) is 0 Å². The van der Waals surface area contributed by atoms with Gasteiger partial charge in [-0.15, -0.1) is 11.3 Å². The van der Waals surface area contributed by atoms with E-state index in [2.05, 4.69) is 34.2 Å². The Kier molecular flexibility index (Phi) is 11.6. The molecular weight excluding hydrogens is 546 g/mol. The Balaban J connectivity index is 1.57. The fourth-order valence-electron chi connectivity index (χ4n) is 4.18. The van der Waals surface area contributed by atoms with E-state index in [0.29, 0.717) is 6.42 Å². The van der Waals surface area contributed by atoms with Crippen molar-refractivity contribution in [2.45, 2.75) is 57.0 Å². The van der Waals surface area contributed by atoms with Crippen molar-refractivity contribution in [3.63, 3.8) is 0 Å². The molecule has 2 atom stereocenters. The molecule has 3 amide bonds. The quantitative estimate of drug-likeness (QED) is 0.172. The Morgan fingerprint density at radius 2 is 1.44 bits per heavy atom. The number of aryl methyl sites for hydroxylation is 1. The number of amides is 3. The summed E-state index contributed by atoms with van der Waals surface area (Å²) in [7, 11) is 0. The Morgan fingerprint density at radius 3 is 2.07 bits per heavy atom. The van der Waals surface area contributed by atoms with Gasteiger partial charge in [0.1, 0.15) is 12.1 Å². The van der Waals surface area contributed by atoms with Crippen LogP contribution < -0.4 is 16.4 Å². The first-order valence-electron chi connectivity index (χ1n) is 13.2. The summed E-state index contributed by atoms with van der Waals surface area (Å²) >= 11 is 1.65. The van der Waals surface area contributed by atoms with Gasteiger partial charge in [0.2, 0.25) is 17.7 Å². The zero-order valence-corrected chi connectivity index (χ0v) is 23.2. The van der Waals surface area contributed by atoms with Crippen LogP contribution in [-0.4, -0.2) is 52.0 Å². The highest BCUT2D eigenvalue weighted by molar-refractivity contribution is 7.14. The predicted octanol–water partition coefficient (Wildman–Crippen LogP) is 3.59. The van der Waals surface area contributed by atoms with Gasteiger partial charge in [0.25, 0.3) is 0 Å². The normalized spacial score (nSPS) is 12.2. The lowest BCUT2D eigenvalue weighted by Gasteiger charge is -2.21. The van der Waals surface area contributed by atoms with E-state index >= 15 is 0 Å². The van der Waals surface area contributed by atoms with Crippen LogP contribution in [0.15, 0.2) is 66.0 Å². The minimum absolute atomic E-state index is 0.0226. The van der Waals surface area contributed by atoms with E-state index in [-0.39, 0.29) is 38.5 Å². The maximum absolute atomic E-state index is 12.8. The molecule has 2 aromatic carbocycles. The van der Waals surface area contributed by atoms with Gasteiger partial charge in [0.15, 0.2) is 0 Å². The summed E-state index contributed by atoms with van der Waals surface area (Å²) in [6, 6.07) is 17.8. The Hall–Kier alpha value is -4.51. The lowest BCUT2D eigenvalue weighted by Crippen LogP contribution is -2.53. The highest BCUT2D eigenvalue weighted by Gasteiger charge is 2.26. The number of carboxylic acids is 2. The van der Waals surface area contributed by atoms with Crippen molar-refractivity contribution in [1.82, 2.24) is 10.6 Å². The highest BCUT2D eigenvalue weighted by atomic mass is 32.1. The van der Waals surface area contributed by atoms with Gasteiger partial charge in [0.05, 0.1) is 0 Å². The summed E-state index contributed by atoms with van der Waals surface area (Å²) in [6.07, 6.45) is -0.170. The largest absolute Gasteiger partial charge is 0.481 e. The van der Waals surface area contributed by atoms with Crippen molar-refractivity contribution in [2.75, 3.05) is 0 Å². The van der Waals surface area contributed by atoms with Gasteiger partial charge in [0, 0.05) is 24.1 Å². The van der Waals surface area contributed by atoms with Crippen LogP contribution in [0.1, 0.15) is 44.1 Å². The molecule has 216 valence electrons. The molecule has 41 heavy (non-hydrogen) atoms. The Labute approximate surface area is 241 Å².